The van der Waals surface area contributed by atoms with E-state index in [-0.39, 0.29) is 36.3 Å². The van der Waals surface area contributed by atoms with Crippen molar-refractivity contribution in [3.8, 4) is 5.75 Å². The van der Waals surface area contributed by atoms with Crippen LogP contribution in [0.5, 0.6) is 5.75 Å². The van der Waals surface area contributed by atoms with Crippen molar-refractivity contribution in [2.75, 3.05) is 33.3 Å². The number of hydrogen-bond donors (Lipinski definition) is 2. The molecule has 2 aromatic rings. The summed E-state index contributed by atoms with van der Waals surface area (Å²) in [5, 5.41) is 6.61. The zero-order chi connectivity index (χ0) is 26.5. The number of rotatable bonds is 9. The molecular formula is C27H36ClFN4O3. The van der Waals surface area contributed by atoms with Gasteiger partial charge in [-0.25, -0.2) is 9.18 Å². The number of amides is 2. The molecule has 0 radical (unpaired) electrons. The Kier molecular flexibility index (Phi) is 9.33. The van der Waals surface area contributed by atoms with E-state index in [1.54, 1.807) is 36.2 Å². The Morgan fingerprint density at radius 1 is 1.31 bits per heavy atom. The van der Waals surface area contributed by atoms with Crippen molar-refractivity contribution in [2.45, 2.75) is 51.9 Å². The number of ketones is 1. The molecule has 0 bridgehead atoms. The quantitative estimate of drug-likeness (QED) is 0.514. The Morgan fingerprint density at radius 3 is 2.64 bits per heavy atom. The lowest BCUT2D eigenvalue weighted by molar-refractivity contribution is -0.129. The number of urea groups is 1. The minimum Gasteiger partial charge on any atom is -0.486 e. The largest absolute Gasteiger partial charge is 0.486 e. The number of carbonyl (C=O) groups excluding carboxylic acids is 2. The molecule has 0 aromatic heterocycles. The first-order chi connectivity index (χ1) is 17.0. The molecular weight excluding hydrogens is 483 g/mol. The van der Waals surface area contributed by atoms with Gasteiger partial charge in [0.1, 0.15) is 18.2 Å². The Bertz CT molecular complexity index is 1070. The number of benzene rings is 2. The molecule has 196 valence electrons. The van der Waals surface area contributed by atoms with Crippen LogP contribution in [0.15, 0.2) is 42.5 Å². The van der Waals surface area contributed by atoms with Crippen molar-refractivity contribution in [1.29, 1.82) is 0 Å². The van der Waals surface area contributed by atoms with E-state index in [0.717, 1.165) is 11.1 Å². The van der Waals surface area contributed by atoms with Crippen molar-refractivity contribution < 1.29 is 18.7 Å². The third-order valence-electron chi connectivity index (χ3n) is 6.87. The number of piperazine rings is 1. The Labute approximate surface area is 217 Å². The summed E-state index contributed by atoms with van der Waals surface area (Å²) in [5.41, 5.74) is 1.01. The van der Waals surface area contributed by atoms with E-state index in [0.29, 0.717) is 37.0 Å². The predicted octanol–water partition coefficient (Wildman–Crippen LogP) is 4.40. The molecule has 1 saturated heterocycles. The van der Waals surface area contributed by atoms with E-state index < -0.39 is 5.54 Å². The standard InChI is InChI=1S/C27H36ClFN4O3/c1-6-30-26(35)32(5)19(3)23-12-11-22(13-24(23)28)36-16-25(34)27(4)17-33(18(2)14-31-27)15-20-7-9-21(29)10-8-20/h7-13,18-19,31H,6,14-17H2,1-5H3,(H,30,35). The molecule has 2 amide bonds. The lowest BCUT2D eigenvalue weighted by atomic mass is 9.91. The van der Waals surface area contributed by atoms with Crippen LogP contribution in [0.2, 0.25) is 5.02 Å². The summed E-state index contributed by atoms with van der Waals surface area (Å²) >= 11 is 6.50. The van der Waals surface area contributed by atoms with Crippen LogP contribution < -0.4 is 15.4 Å². The van der Waals surface area contributed by atoms with Crippen molar-refractivity contribution in [1.82, 2.24) is 20.4 Å². The number of ether oxygens (including phenoxy) is 1. The predicted molar refractivity (Wildman–Crippen MR) is 140 cm³/mol. The van der Waals surface area contributed by atoms with Crippen LogP contribution in [0.3, 0.4) is 0 Å². The highest BCUT2D eigenvalue weighted by molar-refractivity contribution is 6.31. The topological polar surface area (TPSA) is 73.9 Å². The molecule has 3 rings (SSSR count). The minimum atomic E-state index is -0.778. The van der Waals surface area contributed by atoms with Gasteiger partial charge in [0.15, 0.2) is 5.78 Å². The first-order valence-corrected chi connectivity index (χ1v) is 12.6. The van der Waals surface area contributed by atoms with E-state index in [1.807, 2.05) is 26.8 Å². The van der Waals surface area contributed by atoms with Crippen molar-refractivity contribution in [2.24, 2.45) is 0 Å². The summed E-state index contributed by atoms with van der Waals surface area (Å²) in [5.74, 6) is 0.157. The Morgan fingerprint density at radius 2 is 2.00 bits per heavy atom. The average molecular weight is 519 g/mol. The maximum Gasteiger partial charge on any atom is 0.317 e. The van der Waals surface area contributed by atoms with Gasteiger partial charge in [-0.05, 0) is 63.1 Å². The van der Waals surface area contributed by atoms with Crippen molar-refractivity contribution >= 4 is 23.4 Å². The molecule has 9 heteroatoms. The number of halogens is 2. The molecule has 2 aromatic carbocycles. The van der Waals surface area contributed by atoms with E-state index in [9.17, 15) is 14.0 Å². The molecule has 1 aliphatic rings. The summed E-state index contributed by atoms with van der Waals surface area (Å²) in [6.45, 7) is 9.99. The second-order valence-electron chi connectivity index (χ2n) is 9.61. The average Bonchev–Trinajstić information content (AvgIpc) is 2.85. The number of carbonyl (C=O) groups is 2. The van der Waals surface area contributed by atoms with Gasteiger partial charge in [0, 0.05) is 44.3 Å². The zero-order valence-electron chi connectivity index (χ0n) is 21.6. The fourth-order valence-electron chi connectivity index (χ4n) is 4.25. The number of nitrogens with zero attached hydrogens (tertiary/aromatic N) is 2. The zero-order valence-corrected chi connectivity index (χ0v) is 22.4. The summed E-state index contributed by atoms with van der Waals surface area (Å²) in [6, 6.07) is 11.5. The van der Waals surface area contributed by atoms with Gasteiger partial charge in [0.05, 0.1) is 11.6 Å². The molecule has 3 unspecified atom stereocenters. The van der Waals surface area contributed by atoms with Crippen LogP contribution in [0.4, 0.5) is 9.18 Å². The molecule has 2 N–H and O–H groups in total. The molecule has 0 saturated carbocycles. The van der Waals surface area contributed by atoms with Gasteiger partial charge in [-0.2, -0.15) is 0 Å². The summed E-state index contributed by atoms with van der Waals surface area (Å²) in [7, 11) is 1.72. The highest BCUT2D eigenvalue weighted by atomic mass is 35.5. The molecule has 1 heterocycles. The number of nitrogens with one attached hydrogen (secondary N) is 2. The second-order valence-corrected chi connectivity index (χ2v) is 10.0. The highest BCUT2D eigenvalue weighted by Crippen LogP contribution is 2.30. The molecule has 1 aliphatic heterocycles. The van der Waals surface area contributed by atoms with Crippen LogP contribution in [0.1, 0.15) is 44.9 Å². The summed E-state index contributed by atoms with van der Waals surface area (Å²) < 4.78 is 19.1. The fourth-order valence-corrected chi connectivity index (χ4v) is 4.58. The second kappa shape index (κ2) is 12.0. The Hall–Kier alpha value is -2.68. The molecule has 3 atom stereocenters. The van der Waals surface area contributed by atoms with Crippen LogP contribution in [-0.4, -0.2) is 66.5 Å². The monoisotopic (exact) mass is 518 g/mol. The third kappa shape index (κ3) is 6.75. The molecule has 0 aliphatic carbocycles. The summed E-state index contributed by atoms with van der Waals surface area (Å²) in [6.07, 6.45) is 0. The lowest BCUT2D eigenvalue weighted by Gasteiger charge is -2.44. The smallest absolute Gasteiger partial charge is 0.317 e. The number of hydrogen-bond acceptors (Lipinski definition) is 5. The van der Waals surface area contributed by atoms with Crippen LogP contribution in [-0.2, 0) is 11.3 Å². The van der Waals surface area contributed by atoms with Crippen LogP contribution in [0, 0.1) is 5.82 Å². The van der Waals surface area contributed by atoms with Gasteiger partial charge in [-0.15, -0.1) is 0 Å². The van der Waals surface area contributed by atoms with Gasteiger partial charge in [-0.3, -0.25) is 9.69 Å². The molecule has 1 fully saturated rings. The van der Waals surface area contributed by atoms with E-state index in [2.05, 4.69) is 22.5 Å². The molecule has 0 spiro atoms. The van der Waals surface area contributed by atoms with Gasteiger partial charge < -0.3 is 20.3 Å². The lowest BCUT2D eigenvalue weighted by Crippen LogP contribution is -2.66. The van der Waals surface area contributed by atoms with Gasteiger partial charge >= 0.3 is 6.03 Å². The van der Waals surface area contributed by atoms with E-state index in [1.165, 1.54) is 12.1 Å². The molecule has 7 nitrogen and oxygen atoms in total. The first kappa shape index (κ1) is 27.9. The first-order valence-electron chi connectivity index (χ1n) is 12.2. The Balaban J connectivity index is 1.61. The van der Waals surface area contributed by atoms with Crippen molar-refractivity contribution in [3.05, 3.63) is 64.4 Å². The minimum absolute atomic E-state index is 0.0666. The third-order valence-corrected chi connectivity index (χ3v) is 7.19. The van der Waals surface area contributed by atoms with E-state index in [4.69, 9.17) is 16.3 Å². The normalized spacial score (nSPS) is 21.0. The van der Waals surface area contributed by atoms with E-state index >= 15 is 0 Å². The fraction of sp³-hybridized carbons (Fsp3) is 0.481. The van der Waals surface area contributed by atoms with Gasteiger partial charge in [0.25, 0.3) is 0 Å². The maximum absolute atomic E-state index is 13.3. The SMILES string of the molecule is CCNC(=O)N(C)C(C)c1ccc(OCC(=O)C2(C)CN(Cc3ccc(F)cc3)C(C)CN2)cc1Cl. The van der Waals surface area contributed by atoms with Crippen molar-refractivity contribution in [3.63, 3.8) is 0 Å². The van der Waals surface area contributed by atoms with Gasteiger partial charge in [0.2, 0.25) is 0 Å². The molecule has 36 heavy (non-hydrogen) atoms. The van der Waals surface area contributed by atoms with Crippen LogP contribution in [0.25, 0.3) is 0 Å². The van der Waals surface area contributed by atoms with Crippen LogP contribution >= 0.6 is 11.6 Å². The maximum atomic E-state index is 13.3. The number of Topliss-reactive ketones (excluding diaryl/α,β-unsaturated/α-hetero) is 1. The van der Waals surface area contributed by atoms with Gasteiger partial charge in [-0.1, -0.05) is 29.8 Å². The highest BCUT2D eigenvalue weighted by Gasteiger charge is 2.40. The summed E-state index contributed by atoms with van der Waals surface area (Å²) in [4.78, 5) is 29.1.